The topological polar surface area (TPSA) is 83.4 Å². The van der Waals surface area contributed by atoms with Gasteiger partial charge in [-0.15, -0.1) is 35.3 Å². The molecule has 2 rings (SSSR count). The second-order valence-electron chi connectivity index (χ2n) is 6.69. The Morgan fingerprint density at radius 3 is 2.45 bits per heavy atom. The summed E-state index contributed by atoms with van der Waals surface area (Å²) in [5, 5.41) is 9.89. The van der Waals surface area contributed by atoms with E-state index in [4.69, 9.17) is 0 Å². The minimum atomic E-state index is -3.14. The summed E-state index contributed by atoms with van der Waals surface area (Å²) in [6, 6.07) is 7.05. The lowest BCUT2D eigenvalue weighted by atomic mass is 10.1. The summed E-state index contributed by atoms with van der Waals surface area (Å²) >= 11 is 1.73. The first kappa shape index (κ1) is 25.8. The van der Waals surface area contributed by atoms with Crippen LogP contribution >= 0.6 is 35.3 Å². The quantitative estimate of drug-likeness (QED) is 0.205. The number of sulfone groups is 1. The number of thiazole rings is 1. The fraction of sp³-hybridized carbons (Fsp3) is 0.500. The summed E-state index contributed by atoms with van der Waals surface area (Å²) in [6.45, 7) is 6.41. The van der Waals surface area contributed by atoms with E-state index in [0.717, 1.165) is 62.5 Å². The number of hydrogen-bond donors (Lipinski definition) is 2. The van der Waals surface area contributed by atoms with Crippen molar-refractivity contribution in [1.82, 2.24) is 15.6 Å². The Labute approximate surface area is 195 Å². The number of aliphatic imine (C=N–C) groups is 1. The van der Waals surface area contributed by atoms with Gasteiger partial charge in [0.25, 0.3) is 0 Å². The highest BCUT2D eigenvalue weighted by atomic mass is 127. The van der Waals surface area contributed by atoms with Crippen molar-refractivity contribution in [2.45, 2.75) is 44.4 Å². The summed E-state index contributed by atoms with van der Waals surface area (Å²) in [5.74, 6) is 0.820. The number of aromatic nitrogens is 1. The highest BCUT2D eigenvalue weighted by Gasteiger charge is 2.06. The van der Waals surface area contributed by atoms with Crippen molar-refractivity contribution in [3.05, 3.63) is 45.9 Å². The highest BCUT2D eigenvalue weighted by Crippen LogP contribution is 2.12. The maximum Gasteiger partial charge on any atom is 0.191 e. The molecule has 1 heterocycles. The van der Waals surface area contributed by atoms with Crippen molar-refractivity contribution < 1.29 is 8.42 Å². The van der Waals surface area contributed by atoms with Crippen LogP contribution in [0.25, 0.3) is 0 Å². The Hall–Kier alpha value is -1.20. The molecule has 0 amide bonds. The van der Waals surface area contributed by atoms with Crippen LogP contribution in [0.5, 0.6) is 0 Å². The summed E-state index contributed by atoms with van der Waals surface area (Å²) in [4.78, 5) is 9.46. The van der Waals surface area contributed by atoms with Gasteiger partial charge in [-0.3, -0.25) is 4.99 Å². The number of aryl methyl sites for hydroxylation is 2. The van der Waals surface area contributed by atoms with Crippen LogP contribution in [0.2, 0.25) is 0 Å². The molecule has 162 valence electrons. The Kier molecular flexibility index (Phi) is 11.7. The lowest BCUT2D eigenvalue weighted by molar-refractivity contribution is 0.602. The second kappa shape index (κ2) is 13.2. The predicted octanol–water partition coefficient (Wildman–Crippen LogP) is 3.59. The molecule has 0 spiro atoms. The molecule has 0 aliphatic carbocycles. The maximum atomic E-state index is 11.5. The molecule has 29 heavy (non-hydrogen) atoms. The normalized spacial score (nSPS) is 11.8. The van der Waals surface area contributed by atoms with Gasteiger partial charge in [0, 0.05) is 37.0 Å². The number of guanidine groups is 1. The van der Waals surface area contributed by atoms with Crippen LogP contribution in [0, 0.1) is 6.92 Å². The minimum Gasteiger partial charge on any atom is -0.357 e. The van der Waals surface area contributed by atoms with Gasteiger partial charge in [0.1, 0.15) is 0 Å². The Bertz CT molecular complexity index is 865. The zero-order chi connectivity index (χ0) is 20.4. The molecule has 0 aliphatic heterocycles. The molecule has 1 aromatic heterocycles. The van der Waals surface area contributed by atoms with Crippen LogP contribution in [0.3, 0.4) is 0 Å². The van der Waals surface area contributed by atoms with Gasteiger partial charge in [0.15, 0.2) is 15.8 Å². The van der Waals surface area contributed by atoms with Gasteiger partial charge in [-0.05, 0) is 57.2 Å². The number of benzene rings is 1. The molecule has 0 saturated carbocycles. The van der Waals surface area contributed by atoms with E-state index in [1.165, 1.54) is 11.3 Å². The van der Waals surface area contributed by atoms with E-state index < -0.39 is 9.84 Å². The Morgan fingerprint density at radius 2 is 1.86 bits per heavy atom. The van der Waals surface area contributed by atoms with E-state index in [1.54, 1.807) is 23.5 Å². The van der Waals surface area contributed by atoms with Gasteiger partial charge >= 0.3 is 0 Å². The zero-order valence-electron chi connectivity index (χ0n) is 17.3. The highest BCUT2D eigenvalue weighted by molar-refractivity contribution is 14.0. The first-order chi connectivity index (χ1) is 13.4. The average Bonchev–Trinajstić information content (AvgIpc) is 3.06. The molecule has 0 unspecified atom stereocenters. The largest absolute Gasteiger partial charge is 0.357 e. The molecule has 0 bridgehead atoms. The monoisotopic (exact) mass is 550 g/mol. The maximum absolute atomic E-state index is 11.5. The summed E-state index contributed by atoms with van der Waals surface area (Å²) in [5.41, 5.74) is 2.19. The van der Waals surface area contributed by atoms with Crippen LogP contribution in [-0.2, 0) is 22.7 Å². The third-order valence-corrected chi connectivity index (χ3v) is 6.29. The van der Waals surface area contributed by atoms with Gasteiger partial charge in [0.05, 0.1) is 9.90 Å². The number of nitrogens with one attached hydrogen (secondary N) is 2. The SMILES string of the molecule is CCNC(=NCCCCc1nc(C)cs1)NCCc1ccc(S(C)(=O)=O)cc1.I. The first-order valence-corrected chi connectivity index (χ1v) is 12.4. The standard InChI is InChI=1S/C20H30N4O2S2.HI/c1-4-21-20(22-13-6-5-7-19-24-16(2)15-27-19)23-14-12-17-8-10-18(11-9-17)28(3,25)26;/h8-11,15H,4-7,12-14H2,1-3H3,(H2,21,22,23);1H. The van der Waals surface area contributed by atoms with Crippen LogP contribution in [0.15, 0.2) is 39.5 Å². The Morgan fingerprint density at radius 1 is 1.14 bits per heavy atom. The van der Waals surface area contributed by atoms with Crippen molar-refractivity contribution >= 4 is 51.1 Å². The van der Waals surface area contributed by atoms with Crippen molar-refractivity contribution in [2.24, 2.45) is 4.99 Å². The molecule has 2 N–H and O–H groups in total. The van der Waals surface area contributed by atoms with Crippen molar-refractivity contribution in [2.75, 3.05) is 25.9 Å². The van der Waals surface area contributed by atoms with Gasteiger partial charge in [0.2, 0.25) is 0 Å². The molecule has 0 atom stereocenters. The van der Waals surface area contributed by atoms with Crippen molar-refractivity contribution in [3.63, 3.8) is 0 Å². The number of rotatable bonds is 10. The van der Waals surface area contributed by atoms with E-state index in [2.05, 4.69) is 26.0 Å². The van der Waals surface area contributed by atoms with Gasteiger partial charge in [-0.1, -0.05) is 12.1 Å². The number of halogens is 1. The van der Waals surface area contributed by atoms with E-state index in [0.29, 0.717) is 4.90 Å². The number of hydrogen-bond acceptors (Lipinski definition) is 5. The molecule has 6 nitrogen and oxygen atoms in total. The molecule has 0 saturated heterocycles. The zero-order valence-corrected chi connectivity index (χ0v) is 21.2. The molecular formula is C20H31IN4O2S2. The first-order valence-electron chi connectivity index (χ1n) is 9.60. The molecule has 2 aromatic rings. The summed E-state index contributed by atoms with van der Waals surface area (Å²) < 4.78 is 23.0. The van der Waals surface area contributed by atoms with Gasteiger partial charge in [-0.25, -0.2) is 13.4 Å². The summed E-state index contributed by atoms with van der Waals surface area (Å²) in [6.07, 6.45) is 5.16. The minimum absolute atomic E-state index is 0. The van der Waals surface area contributed by atoms with Crippen LogP contribution in [-0.4, -0.2) is 45.3 Å². The van der Waals surface area contributed by atoms with Crippen LogP contribution in [0.4, 0.5) is 0 Å². The molecule has 0 aliphatic rings. The third-order valence-electron chi connectivity index (χ3n) is 4.14. The molecule has 0 fully saturated rings. The number of unbranched alkanes of at least 4 members (excludes halogenated alkanes) is 1. The average molecular weight is 551 g/mol. The fourth-order valence-electron chi connectivity index (χ4n) is 2.67. The second-order valence-corrected chi connectivity index (χ2v) is 9.65. The Balaban J connectivity index is 0.00000420. The molecule has 1 aromatic carbocycles. The van der Waals surface area contributed by atoms with Crippen molar-refractivity contribution in [1.29, 1.82) is 0 Å². The number of nitrogens with zero attached hydrogens (tertiary/aromatic N) is 2. The van der Waals surface area contributed by atoms with Gasteiger partial charge < -0.3 is 10.6 Å². The van der Waals surface area contributed by atoms with Crippen molar-refractivity contribution in [3.8, 4) is 0 Å². The van der Waals surface area contributed by atoms with E-state index in [1.807, 2.05) is 26.0 Å². The predicted molar refractivity (Wildman–Crippen MR) is 132 cm³/mol. The molecular weight excluding hydrogens is 519 g/mol. The molecule has 9 heteroatoms. The lowest BCUT2D eigenvalue weighted by Gasteiger charge is -2.11. The third kappa shape index (κ3) is 9.90. The summed E-state index contributed by atoms with van der Waals surface area (Å²) in [7, 11) is -3.14. The van der Waals surface area contributed by atoms with E-state index >= 15 is 0 Å². The molecule has 0 radical (unpaired) electrons. The smallest absolute Gasteiger partial charge is 0.191 e. The van der Waals surface area contributed by atoms with E-state index in [-0.39, 0.29) is 24.0 Å². The van der Waals surface area contributed by atoms with Crippen LogP contribution in [0.1, 0.15) is 36.0 Å². The van der Waals surface area contributed by atoms with Crippen LogP contribution < -0.4 is 10.6 Å². The lowest BCUT2D eigenvalue weighted by Crippen LogP contribution is -2.38. The fourth-order valence-corrected chi connectivity index (χ4v) is 4.12. The van der Waals surface area contributed by atoms with Gasteiger partial charge in [-0.2, -0.15) is 0 Å². The van der Waals surface area contributed by atoms with E-state index in [9.17, 15) is 8.42 Å².